The smallest absolute Gasteiger partial charge is 0.265 e. The van der Waals surface area contributed by atoms with Gasteiger partial charge in [0.25, 0.3) is 5.91 Å². The molecule has 1 fully saturated rings. The van der Waals surface area contributed by atoms with Crippen molar-refractivity contribution >= 4 is 34.1 Å². The molecule has 2 aliphatic rings. The lowest BCUT2D eigenvalue weighted by atomic mass is 10.0. The molecule has 10 heteroatoms. The van der Waals surface area contributed by atoms with Crippen molar-refractivity contribution in [2.24, 2.45) is 7.05 Å². The number of aromatic nitrogens is 4. The van der Waals surface area contributed by atoms with Gasteiger partial charge in [0.15, 0.2) is 6.61 Å². The minimum Gasteiger partial charge on any atom is -0.481 e. The number of anilines is 3. The molecule has 0 spiro atoms. The van der Waals surface area contributed by atoms with E-state index >= 15 is 0 Å². The zero-order valence-corrected chi connectivity index (χ0v) is 23.5. The summed E-state index contributed by atoms with van der Waals surface area (Å²) < 4.78 is 13.5. The predicted molar refractivity (Wildman–Crippen MR) is 155 cm³/mol. The molecule has 0 radical (unpaired) electrons. The first-order valence-corrected chi connectivity index (χ1v) is 13.9. The number of carbonyl (C=O) groups is 1. The van der Waals surface area contributed by atoms with E-state index in [-0.39, 0.29) is 12.5 Å². The number of likely N-dealkylation sites (N-methyl/N-ethyl adjacent to an activating group) is 1. The predicted octanol–water partition coefficient (Wildman–Crippen LogP) is 4.47. The van der Waals surface area contributed by atoms with Crippen molar-refractivity contribution in [3.05, 3.63) is 53.9 Å². The third-order valence-corrected chi connectivity index (χ3v) is 7.53. The number of nitrogens with one attached hydrogen (secondary N) is 1. The van der Waals surface area contributed by atoms with Crippen LogP contribution in [0.5, 0.6) is 5.75 Å². The lowest BCUT2D eigenvalue weighted by molar-refractivity contribution is -0.121. The second kappa shape index (κ2) is 10.9. The van der Waals surface area contributed by atoms with Crippen LogP contribution in [0.25, 0.3) is 22.2 Å². The molecule has 2 aromatic heterocycles. The minimum absolute atomic E-state index is 0.0470. The number of fused-ring (bicyclic) bond motifs is 2. The number of aryl methyl sites for hydroxylation is 1. The van der Waals surface area contributed by atoms with Gasteiger partial charge >= 0.3 is 0 Å². The van der Waals surface area contributed by atoms with Gasteiger partial charge in [-0.1, -0.05) is 19.9 Å². The molecule has 10 nitrogen and oxygen atoms in total. The van der Waals surface area contributed by atoms with Crippen LogP contribution in [0.3, 0.4) is 0 Å². The number of benzene rings is 2. The number of carbonyl (C=O) groups excluding carboxylic acids is 1. The fourth-order valence-electron chi connectivity index (χ4n) is 5.69. The fraction of sp³-hybridized carbons (Fsp3) is 0.400. The van der Waals surface area contributed by atoms with Crippen LogP contribution in [0.1, 0.15) is 37.9 Å². The van der Waals surface area contributed by atoms with Crippen LogP contribution >= 0.6 is 0 Å². The first-order chi connectivity index (χ1) is 19.4. The highest BCUT2D eigenvalue weighted by molar-refractivity contribution is 5.99. The number of hydrogen-bond acceptors (Lipinski definition) is 8. The number of nitrogens with zero attached hydrogens (tertiary/aromatic N) is 6. The normalized spacial score (nSPS) is 15.9. The lowest BCUT2D eigenvalue weighted by Gasteiger charge is -2.32. The van der Waals surface area contributed by atoms with Crippen LogP contribution in [0, 0.1) is 0 Å². The number of rotatable bonds is 7. The van der Waals surface area contributed by atoms with E-state index in [1.807, 2.05) is 42.9 Å². The molecule has 1 N–H and O–H groups in total. The van der Waals surface area contributed by atoms with Crippen molar-refractivity contribution < 1.29 is 14.3 Å². The van der Waals surface area contributed by atoms with E-state index in [0.717, 1.165) is 57.9 Å². The van der Waals surface area contributed by atoms with Crippen LogP contribution < -0.4 is 15.0 Å². The molecule has 1 saturated heterocycles. The molecule has 2 aliphatic heterocycles. The van der Waals surface area contributed by atoms with Gasteiger partial charge in [0.2, 0.25) is 5.95 Å². The Morgan fingerprint density at radius 1 is 1.10 bits per heavy atom. The lowest BCUT2D eigenvalue weighted by Crippen LogP contribution is -2.40. The van der Waals surface area contributed by atoms with Gasteiger partial charge < -0.3 is 19.7 Å². The molecule has 1 amide bonds. The Labute approximate surface area is 233 Å². The van der Waals surface area contributed by atoms with Crippen molar-refractivity contribution in [2.75, 3.05) is 49.7 Å². The highest BCUT2D eigenvalue weighted by atomic mass is 16.5. The Balaban J connectivity index is 1.34. The highest BCUT2D eigenvalue weighted by Crippen LogP contribution is 2.40. The SMILES string of the molecule is CCN1C(=O)COc2c(CN3CCOCC3)cc(Nc3nccc(-c4ccc5nn(C)c(C(C)C)c5c4)n3)cc21. The Kier molecular flexibility index (Phi) is 7.12. The maximum atomic E-state index is 12.6. The second-order valence-electron chi connectivity index (χ2n) is 10.6. The van der Waals surface area contributed by atoms with Gasteiger partial charge in [-0.3, -0.25) is 14.4 Å². The Morgan fingerprint density at radius 3 is 2.70 bits per heavy atom. The Bertz CT molecular complexity index is 1560. The molecular weight excluding hydrogens is 506 g/mol. The molecular formula is C30H35N7O3. The zero-order chi connectivity index (χ0) is 27.8. The third-order valence-electron chi connectivity index (χ3n) is 7.53. The van der Waals surface area contributed by atoms with E-state index in [4.69, 9.17) is 14.5 Å². The molecule has 208 valence electrons. The van der Waals surface area contributed by atoms with Crippen molar-refractivity contribution in [1.82, 2.24) is 24.6 Å². The summed E-state index contributed by atoms with van der Waals surface area (Å²) in [5, 5.41) is 9.20. The molecule has 0 saturated carbocycles. The summed E-state index contributed by atoms with van der Waals surface area (Å²) in [5.74, 6) is 1.55. The van der Waals surface area contributed by atoms with Crippen molar-refractivity contribution in [2.45, 2.75) is 33.2 Å². The highest BCUT2D eigenvalue weighted by Gasteiger charge is 2.28. The van der Waals surface area contributed by atoms with Crippen molar-refractivity contribution in [1.29, 1.82) is 0 Å². The van der Waals surface area contributed by atoms with Crippen LogP contribution in [0.15, 0.2) is 42.6 Å². The summed E-state index contributed by atoms with van der Waals surface area (Å²) in [4.78, 5) is 26.1. The molecule has 2 aromatic carbocycles. The molecule has 0 bridgehead atoms. The number of ether oxygens (including phenoxy) is 2. The van der Waals surface area contributed by atoms with Gasteiger partial charge in [0.05, 0.1) is 30.1 Å². The van der Waals surface area contributed by atoms with Gasteiger partial charge in [-0.25, -0.2) is 9.97 Å². The summed E-state index contributed by atoms with van der Waals surface area (Å²) in [6.45, 7) is 10.8. The van der Waals surface area contributed by atoms with Gasteiger partial charge in [0, 0.05) is 67.3 Å². The zero-order valence-electron chi connectivity index (χ0n) is 23.5. The maximum absolute atomic E-state index is 12.6. The van der Waals surface area contributed by atoms with Gasteiger partial charge in [-0.15, -0.1) is 0 Å². The summed E-state index contributed by atoms with van der Waals surface area (Å²) in [6, 6.07) is 12.2. The van der Waals surface area contributed by atoms with E-state index in [1.165, 1.54) is 5.69 Å². The van der Waals surface area contributed by atoms with Crippen LogP contribution in [0.4, 0.5) is 17.3 Å². The van der Waals surface area contributed by atoms with E-state index in [9.17, 15) is 4.79 Å². The first-order valence-electron chi connectivity index (χ1n) is 13.9. The third kappa shape index (κ3) is 5.00. The number of hydrogen-bond donors (Lipinski definition) is 1. The average molecular weight is 542 g/mol. The summed E-state index contributed by atoms with van der Waals surface area (Å²) in [6.07, 6.45) is 1.76. The molecule has 4 aromatic rings. The molecule has 0 unspecified atom stereocenters. The topological polar surface area (TPSA) is 97.6 Å². The average Bonchev–Trinajstić information content (AvgIpc) is 3.29. The molecule has 40 heavy (non-hydrogen) atoms. The van der Waals surface area contributed by atoms with Crippen molar-refractivity contribution in [3.8, 4) is 17.0 Å². The fourth-order valence-corrected chi connectivity index (χ4v) is 5.69. The van der Waals surface area contributed by atoms with Crippen LogP contribution in [0.2, 0.25) is 0 Å². The summed E-state index contributed by atoms with van der Waals surface area (Å²) in [5.41, 5.74) is 6.59. The second-order valence-corrected chi connectivity index (χ2v) is 10.6. The Hall–Kier alpha value is -4.02. The number of morpholine rings is 1. The van der Waals surface area contributed by atoms with Gasteiger partial charge in [-0.2, -0.15) is 5.10 Å². The maximum Gasteiger partial charge on any atom is 0.265 e. The van der Waals surface area contributed by atoms with E-state index in [1.54, 1.807) is 11.1 Å². The van der Waals surface area contributed by atoms with Gasteiger partial charge in [0.1, 0.15) is 5.75 Å². The van der Waals surface area contributed by atoms with Crippen LogP contribution in [-0.4, -0.2) is 70.0 Å². The molecule has 6 rings (SSSR count). The van der Waals surface area contributed by atoms with E-state index in [0.29, 0.717) is 38.2 Å². The molecule has 0 aliphatic carbocycles. The Morgan fingerprint density at radius 2 is 1.93 bits per heavy atom. The van der Waals surface area contributed by atoms with E-state index < -0.39 is 0 Å². The van der Waals surface area contributed by atoms with Crippen LogP contribution in [-0.2, 0) is 23.1 Å². The minimum atomic E-state index is -0.0470. The molecule has 4 heterocycles. The molecule has 0 atom stereocenters. The van der Waals surface area contributed by atoms with Crippen molar-refractivity contribution in [3.63, 3.8) is 0 Å². The summed E-state index contributed by atoms with van der Waals surface area (Å²) in [7, 11) is 1.99. The number of amides is 1. The standard InChI is InChI=1S/C30H35N7O3/c1-5-37-26-16-22(14-21(29(26)40-18-27(37)38)17-36-10-12-39-13-11-36)32-30-31-9-8-24(33-30)20-6-7-25-23(15-20)28(19(2)3)35(4)34-25/h6-9,14-16,19H,5,10-13,17-18H2,1-4H3,(H,31,32,33). The van der Waals surface area contributed by atoms with E-state index in [2.05, 4.69) is 46.3 Å². The first kappa shape index (κ1) is 26.2. The largest absolute Gasteiger partial charge is 0.481 e. The van der Waals surface area contributed by atoms with Gasteiger partial charge in [-0.05, 0) is 43.2 Å². The quantitative estimate of drug-likeness (QED) is 0.366. The monoisotopic (exact) mass is 541 g/mol. The summed E-state index contributed by atoms with van der Waals surface area (Å²) >= 11 is 0.